The first-order chi connectivity index (χ1) is 6.20. The highest BCUT2D eigenvalue weighted by Gasteiger charge is 2.37. The van der Waals surface area contributed by atoms with E-state index in [4.69, 9.17) is 10.2 Å². The maximum absolute atomic E-state index is 6.02. The second-order valence-electron chi connectivity index (χ2n) is 4.32. The van der Waals surface area contributed by atoms with Gasteiger partial charge in [-0.3, -0.25) is 0 Å². The number of hydrogen-bond donors (Lipinski definition) is 1. The Morgan fingerprint density at radius 1 is 1.62 bits per heavy atom. The van der Waals surface area contributed by atoms with Gasteiger partial charge >= 0.3 is 0 Å². The summed E-state index contributed by atoms with van der Waals surface area (Å²) in [5, 5.41) is 0. The average molecular weight is 179 g/mol. The lowest BCUT2D eigenvalue weighted by Crippen LogP contribution is -2.21. The zero-order chi connectivity index (χ0) is 9.31. The summed E-state index contributed by atoms with van der Waals surface area (Å²) in [4.78, 5) is 0. The van der Waals surface area contributed by atoms with E-state index < -0.39 is 0 Å². The molecule has 1 aromatic rings. The largest absolute Gasteiger partial charge is 0.469 e. The van der Waals surface area contributed by atoms with Gasteiger partial charge in [0.15, 0.2) is 0 Å². The highest BCUT2D eigenvalue weighted by molar-refractivity contribution is 5.06. The van der Waals surface area contributed by atoms with Gasteiger partial charge in [0.25, 0.3) is 0 Å². The third-order valence-corrected chi connectivity index (χ3v) is 3.00. The Balaban J connectivity index is 1.82. The monoisotopic (exact) mass is 179 g/mol. The third kappa shape index (κ3) is 2.13. The molecular formula is C11H17NO. The first-order valence-corrected chi connectivity index (χ1v) is 5.02. The fraction of sp³-hybridized carbons (Fsp3) is 0.636. The lowest BCUT2D eigenvalue weighted by Gasteiger charge is -2.12. The molecule has 13 heavy (non-hydrogen) atoms. The van der Waals surface area contributed by atoms with Gasteiger partial charge in [-0.15, -0.1) is 0 Å². The summed E-state index contributed by atoms with van der Waals surface area (Å²) in [6, 6.07) is 3.99. The lowest BCUT2D eigenvalue weighted by atomic mass is 9.99. The van der Waals surface area contributed by atoms with E-state index in [2.05, 4.69) is 6.92 Å². The summed E-state index contributed by atoms with van der Waals surface area (Å²) in [6.07, 6.45) is 6.43. The minimum absolute atomic E-state index is 0.181. The zero-order valence-electron chi connectivity index (χ0n) is 8.12. The number of hydrogen-bond acceptors (Lipinski definition) is 2. The molecule has 2 rings (SSSR count). The molecule has 0 amide bonds. The van der Waals surface area contributed by atoms with Gasteiger partial charge in [0.2, 0.25) is 0 Å². The number of nitrogens with two attached hydrogens (primary N) is 1. The van der Waals surface area contributed by atoms with Crippen LogP contribution in [0.4, 0.5) is 0 Å². The van der Waals surface area contributed by atoms with Crippen molar-refractivity contribution in [3.8, 4) is 0 Å². The van der Waals surface area contributed by atoms with E-state index in [0.29, 0.717) is 5.92 Å². The second-order valence-corrected chi connectivity index (χ2v) is 4.32. The molecule has 1 fully saturated rings. The number of furan rings is 1. The molecule has 1 aliphatic rings. The maximum atomic E-state index is 6.02. The van der Waals surface area contributed by atoms with Gasteiger partial charge in [-0.2, -0.15) is 0 Å². The van der Waals surface area contributed by atoms with Crippen molar-refractivity contribution in [2.24, 2.45) is 5.73 Å². The maximum Gasteiger partial charge on any atom is 0.106 e. The van der Waals surface area contributed by atoms with Gasteiger partial charge < -0.3 is 10.2 Å². The Kier molecular flexibility index (Phi) is 2.16. The van der Waals surface area contributed by atoms with Gasteiger partial charge in [-0.25, -0.2) is 0 Å². The second kappa shape index (κ2) is 3.18. The van der Waals surface area contributed by atoms with Crippen molar-refractivity contribution >= 4 is 0 Å². The van der Waals surface area contributed by atoms with Crippen LogP contribution in [0.25, 0.3) is 0 Å². The fourth-order valence-electron chi connectivity index (χ4n) is 1.63. The molecule has 1 unspecified atom stereocenters. The minimum Gasteiger partial charge on any atom is -0.469 e. The molecule has 1 atom stereocenters. The summed E-state index contributed by atoms with van der Waals surface area (Å²) >= 11 is 0. The van der Waals surface area contributed by atoms with Crippen LogP contribution in [0.3, 0.4) is 0 Å². The van der Waals surface area contributed by atoms with E-state index in [1.807, 2.05) is 12.1 Å². The summed E-state index contributed by atoms with van der Waals surface area (Å²) < 4.78 is 5.34. The van der Waals surface area contributed by atoms with Crippen molar-refractivity contribution in [2.75, 3.05) is 0 Å². The average Bonchev–Trinajstić information content (AvgIpc) is 2.69. The molecule has 2 nitrogen and oxygen atoms in total. The van der Waals surface area contributed by atoms with Crippen LogP contribution in [0.15, 0.2) is 22.8 Å². The van der Waals surface area contributed by atoms with Crippen LogP contribution < -0.4 is 5.73 Å². The Bertz CT molecular complexity index is 262. The highest BCUT2D eigenvalue weighted by Crippen LogP contribution is 2.38. The minimum atomic E-state index is 0.181. The first-order valence-electron chi connectivity index (χ1n) is 5.02. The predicted molar refractivity (Wildman–Crippen MR) is 52.5 cm³/mol. The van der Waals surface area contributed by atoms with E-state index in [1.54, 1.807) is 6.26 Å². The van der Waals surface area contributed by atoms with Crippen molar-refractivity contribution in [1.29, 1.82) is 0 Å². The van der Waals surface area contributed by atoms with E-state index in [-0.39, 0.29) is 5.54 Å². The van der Waals surface area contributed by atoms with Gasteiger partial charge in [0, 0.05) is 11.5 Å². The summed E-state index contributed by atoms with van der Waals surface area (Å²) in [5.74, 6) is 1.60. The van der Waals surface area contributed by atoms with Crippen LogP contribution in [0.2, 0.25) is 0 Å². The van der Waals surface area contributed by atoms with Crippen molar-refractivity contribution < 1.29 is 4.42 Å². The molecule has 0 saturated heterocycles. The molecule has 1 aliphatic carbocycles. The molecule has 1 saturated carbocycles. The van der Waals surface area contributed by atoms with Crippen LogP contribution in [-0.2, 0) is 0 Å². The first kappa shape index (κ1) is 8.82. The normalized spacial score (nSPS) is 21.4. The SMILES string of the molecule is CC(CCC1(N)CC1)c1ccco1. The lowest BCUT2D eigenvalue weighted by molar-refractivity contribution is 0.438. The van der Waals surface area contributed by atoms with Gasteiger partial charge in [0.05, 0.1) is 6.26 Å². The van der Waals surface area contributed by atoms with Gasteiger partial charge in [0.1, 0.15) is 5.76 Å². The topological polar surface area (TPSA) is 39.2 Å². The number of rotatable bonds is 4. The van der Waals surface area contributed by atoms with E-state index >= 15 is 0 Å². The summed E-state index contributed by atoms with van der Waals surface area (Å²) in [7, 11) is 0. The van der Waals surface area contributed by atoms with Crippen LogP contribution in [0.1, 0.15) is 44.3 Å². The molecular weight excluding hydrogens is 162 g/mol. The van der Waals surface area contributed by atoms with Crippen molar-refractivity contribution in [3.63, 3.8) is 0 Å². The quantitative estimate of drug-likeness (QED) is 0.771. The Morgan fingerprint density at radius 2 is 2.38 bits per heavy atom. The van der Waals surface area contributed by atoms with Crippen LogP contribution in [0, 0.1) is 0 Å². The molecule has 0 radical (unpaired) electrons. The molecule has 72 valence electrons. The Labute approximate surface area is 79.1 Å². The molecule has 0 aliphatic heterocycles. The molecule has 0 bridgehead atoms. The van der Waals surface area contributed by atoms with Crippen LogP contribution in [-0.4, -0.2) is 5.54 Å². The van der Waals surface area contributed by atoms with Gasteiger partial charge in [-0.1, -0.05) is 6.92 Å². The smallest absolute Gasteiger partial charge is 0.106 e. The third-order valence-electron chi connectivity index (χ3n) is 3.00. The summed E-state index contributed by atoms with van der Waals surface area (Å²) in [6.45, 7) is 2.20. The molecule has 1 heterocycles. The van der Waals surface area contributed by atoms with Crippen LogP contribution in [0.5, 0.6) is 0 Å². The van der Waals surface area contributed by atoms with Crippen LogP contribution >= 0.6 is 0 Å². The molecule has 2 N–H and O–H groups in total. The highest BCUT2D eigenvalue weighted by atomic mass is 16.3. The van der Waals surface area contributed by atoms with Crippen molar-refractivity contribution in [2.45, 2.75) is 44.1 Å². The Hall–Kier alpha value is -0.760. The van der Waals surface area contributed by atoms with Crippen molar-refractivity contribution in [1.82, 2.24) is 0 Å². The van der Waals surface area contributed by atoms with Gasteiger partial charge in [-0.05, 0) is 37.8 Å². The standard InChI is InChI=1S/C11H17NO/c1-9(10-3-2-8-13-10)4-5-11(12)6-7-11/h2-3,8-9H,4-7,12H2,1H3. The van der Waals surface area contributed by atoms with E-state index in [0.717, 1.165) is 18.6 Å². The molecule has 0 aromatic carbocycles. The zero-order valence-corrected chi connectivity index (χ0v) is 8.12. The molecule has 1 aromatic heterocycles. The molecule has 2 heteroatoms. The van der Waals surface area contributed by atoms with E-state index in [1.165, 1.54) is 12.8 Å². The summed E-state index contributed by atoms with van der Waals surface area (Å²) in [5.41, 5.74) is 6.20. The molecule has 0 spiro atoms. The van der Waals surface area contributed by atoms with E-state index in [9.17, 15) is 0 Å². The predicted octanol–water partition coefficient (Wildman–Crippen LogP) is 2.65. The fourth-order valence-corrected chi connectivity index (χ4v) is 1.63. The Morgan fingerprint density at radius 3 is 2.92 bits per heavy atom. The van der Waals surface area contributed by atoms with Crippen molar-refractivity contribution in [3.05, 3.63) is 24.2 Å².